The third kappa shape index (κ3) is 2.70. The second kappa shape index (κ2) is 5.76. The molecule has 1 heterocycles. The van der Waals surface area contributed by atoms with Gasteiger partial charge in [-0.2, -0.15) is 0 Å². The first-order chi connectivity index (χ1) is 8.63. The number of halogens is 2. The molecule has 0 aliphatic carbocycles. The van der Waals surface area contributed by atoms with Gasteiger partial charge in [-0.1, -0.05) is 13.0 Å². The van der Waals surface area contributed by atoms with Gasteiger partial charge in [0.05, 0.1) is 6.04 Å². The van der Waals surface area contributed by atoms with Crippen LogP contribution in [-0.2, 0) is 0 Å². The molecule has 0 aromatic heterocycles. The lowest BCUT2D eigenvalue weighted by molar-refractivity contribution is 0.128. The van der Waals surface area contributed by atoms with Crippen LogP contribution in [0.4, 0.5) is 8.78 Å². The van der Waals surface area contributed by atoms with Crippen LogP contribution in [0.3, 0.4) is 0 Å². The third-order valence-corrected chi connectivity index (χ3v) is 3.69. The second-order valence-electron chi connectivity index (χ2n) is 5.13. The normalized spacial score (nSPS) is 23.0. The predicted molar refractivity (Wildman–Crippen MR) is 68.1 cm³/mol. The fourth-order valence-electron chi connectivity index (χ4n) is 2.79. The van der Waals surface area contributed by atoms with Crippen molar-refractivity contribution in [3.8, 4) is 0 Å². The summed E-state index contributed by atoms with van der Waals surface area (Å²) in [5.41, 5.74) is 5.86. The van der Waals surface area contributed by atoms with Gasteiger partial charge < -0.3 is 5.73 Å². The van der Waals surface area contributed by atoms with Gasteiger partial charge in [-0.25, -0.2) is 8.78 Å². The van der Waals surface area contributed by atoms with Crippen molar-refractivity contribution in [1.82, 2.24) is 4.90 Å². The summed E-state index contributed by atoms with van der Waals surface area (Å²) in [6, 6.07) is 3.64. The molecule has 0 amide bonds. The Labute approximate surface area is 107 Å². The van der Waals surface area contributed by atoms with Crippen LogP contribution in [0.15, 0.2) is 18.2 Å². The molecule has 1 aromatic rings. The van der Waals surface area contributed by atoms with Gasteiger partial charge >= 0.3 is 0 Å². The van der Waals surface area contributed by atoms with Gasteiger partial charge in [-0.3, -0.25) is 4.90 Å². The van der Waals surface area contributed by atoms with E-state index in [1.807, 2.05) is 0 Å². The molecule has 2 N–H and O–H groups in total. The van der Waals surface area contributed by atoms with E-state index < -0.39 is 11.6 Å². The van der Waals surface area contributed by atoms with Gasteiger partial charge in [0.25, 0.3) is 0 Å². The van der Waals surface area contributed by atoms with E-state index in [1.165, 1.54) is 24.6 Å². The minimum Gasteiger partial charge on any atom is -0.329 e. The molecule has 2 nitrogen and oxygen atoms in total. The topological polar surface area (TPSA) is 29.3 Å². The molecule has 1 saturated heterocycles. The van der Waals surface area contributed by atoms with Crippen molar-refractivity contribution >= 4 is 0 Å². The number of hydrogen-bond donors (Lipinski definition) is 1. The maximum absolute atomic E-state index is 13.8. The molecular formula is C14H20F2N2. The highest BCUT2D eigenvalue weighted by Gasteiger charge is 2.28. The van der Waals surface area contributed by atoms with Gasteiger partial charge in [-0.05, 0) is 37.4 Å². The van der Waals surface area contributed by atoms with Gasteiger partial charge in [0.2, 0.25) is 0 Å². The molecule has 0 radical (unpaired) electrons. The quantitative estimate of drug-likeness (QED) is 0.898. The summed E-state index contributed by atoms with van der Waals surface area (Å²) >= 11 is 0. The number of nitrogens with zero attached hydrogens (tertiary/aromatic N) is 1. The molecule has 0 saturated carbocycles. The molecule has 2 rings (SSSR count). The molecule has 1 fully saturated rings. The molecule has 1 aliphatic rings. The minimum atomic E-state index is -0.497. The summed E-state index contributed by atoms with van der Waals surface area (Å²) in [6.07, 6.45) is 2.24. The highest BCUT2D eigenvalue weighted by molar-refractivity contribution is 5.24. The number of piperidine rings is 1. The van der Waals surface area contributed by atoms with E-state index in [0.717, 1.165) is 19.5 Å². The van der Waals surface area contributed by atoms with Crippen molar-refractivity contribution in [2.24, 2.45) is 11.7 Å². The first-order valence-corrected chi connectivity index (χ1v) is 6.51. The smallest absolute Gasteiger partial charge is 0.130 e. The maximum atomic E-state index is 13.8. The van der Waals surface area contributed by atoms with Crippen LogP contribution in [0.1, 0.15) is 31.4 Å². The maximum Gasteiger partial charge on any atom is 0.130 e. The number of rotatable bonds is 3. The first-order valence-electron chi connectivity index (χ1n) is 6.51. The van der Waals surface area contributed by atoms with Crippen LogP contribution in [0.5, 0.6) is 0 Å². The van der Waals surface area contributed by atoms with E-state index in [9.17, 15) is 8.78 Å². The van der Waals surface area contributed by atoms with Crippen molar-refractivity contribution in [2.45, 2.75) is 25.8 Å². The summed E-state index contributed by atoms with van der Waals surface area (Å²) < 4.78 is 27.6. The summed E-state index contributed by atoms with van der Waals surface area (Å²) in [4.78, 5) is 2.11. The van der Waals surface area contributed by atoms with Crippen molar-refractivity contribution < 1.29 is 8.78 Å². The van der Waals surface area contributed by atoms with E-state index >= 15 is 0 Å². The Hall–Kier alpha value is -1.00. The van der Waals surface area contributed by atoms with E-state index in [4.69, 9.17) is 5.73 Å². The molecule has 100 valence electrons. The molecule has 4 heteroatoms. The molecule has 1 aromatic carbocycles. The predicted octanol–water partition coefficient (Wildman–Crippen LogP) is 2.70. The highest BCUT2D eigenvalue weighted by atomic mass is 19.1. The van der Waals surface area contributed by atoms with Crippen LogP contribution in [0, 0.1) is 17.6 Å². The Balaban J connectivity index is 2.27. The SMILES string of the molecule is CC1CCCN(C(CN)c2c(F)cccc2F)C1. The van der Waals surface area contributed by atoms with E-state index in [-0.39, 0.29) is 18.2 Å². The Morgan fingerprint density at radius 3 is 2.61 bits per heavy atom. The van der Waals surface area contributed by atoms with Gasteiger partial charge in [0.1, 0.15) is 11.6 Å². The van der Waals surface area contributed by atoms with E-state index in [1.54, 1.807) is 0 Å². The standard InChI is InChI=1S/C14H20F2N2/c1-10-4-3-7-18(9-10)13(8-17)14-11(15)5-2-6-12(14)16/h2,5-6,10,13H,3-4,7-9,17H2,1H3. The Kier molecular flexibility index (Phi) is 4.30. The third-order valence-electron chi connectivity index (χ3n) is 3.69. The lowest BCUT2D eigenvalue weighted by atomic mass is 9.95. The van der Waals surface area contributed by atoms with Gasteiger partial charge in [0.15, 0.2) is 0 Å². The lowest BCUT2D eigenvalue weighted by Crippen LogP contribution is -2.41. The lowest BCUT2D eigenvalue weighted by Gasteiger charge is -2.37. The Morgan fingerprint density at radius 1 is 1.39 bits per heavy atom. The van der Waals surface area contributed by atoms with Crippen molar-refractivity contribution in [1.29, 1.82) is 0 Å². The van der Waals surface area contributed by atoms with Crippen LogP contribution in [0.2, 0.25) is 0 Å². The summed E-state index contributed by atoms with van der Waals surface area (Å²) in [7, 11) is 0. The Bertz CT molecular complexity index is 389. The van der Waals surface area contributed by atoms with Crippen LogP contribution >= 0.6 is 0 Å². The molecule has 18 heavy (non-hydrogen) atoms. The van der Waals surface area contributed by atoms with Crippen LogP contribution in [-0.4, -0.2) is 24.5 Å². The fourth-order valence-corrected chi connectivity index (χ4v) is 2.79. The zero-order chi connectivity index (χ0) is 13.1. The zero-order valence-electron chi connectivity index (χ0n) is 10.7. The number of likely N-dealkylation sites (tertiary alicyclic amines) is 1. The molecule has 1 aliphatic heterocycles. The second-order valence-corrected chi connectivity index (χ2v) is 5.13. The van der Waals surface area contributed by atoms with Gasteiger partial charge in [-0.15, -0.1) is 0 Å². The highest BCUT2D eigenvalue weighted by Crippen LogP contribution is 2.29. The van der Waals surface area contributed by atoms with Crippen molar-refractivity contribution in [3.05, 3.63) is 35.4 Å². The fraction of sp³-hybridized carbons (Fsp3) is 0.571. The average molecular weight is 254 g/mol. The van der Waals surface area contributed by atoms with E-state index in [2.05, 4.69) is 11.8 Å². The summed E-state index contributed by atoms with van der Waals surface area (Å²) in [6.45, 7) is 4.12. The summed E-state index contributed by atoms with van der Waals surface area (Å²) in [5.74, 6) is -0.435. The number of nitrogens with two attached hydrogens (primary N) is 1. The van der Waals surface area contributed by atoms with Gasteiger partial charge in [0, 0.05) is 18.7 Å². The monoisotopic (exact) mass is 254 g/mol. The number of benzene rings is 1. The van der Waals surface area contributed by atoms with Crippen molar-refractivity contribution in [3.63, 3.8) is 0 Å². The number of hydrogen-bond acceptors (Lipinski definition) is 2. The molecular weight excluding hydrogens is 234 g/mol. The minimum absolute atomic E-state index is 0.120. The summed E-state index contributed by atoms with van der Waals surface area (Å²) in [5, 5.41) is 0. The van der Waals surface area contributed by atoms with E-state index in [0.29, 0.717) is 5.92 Å². The molecule has 0 bridgehead atoms. The Morgan fingerprint density at radius 2 is 2.06 bits per heavy atom. The molecule has 2 atom stereocenters. The van der Waals surface area contributed by atoms with Crippen LogP contribution < -0.4 is 5.73 Å². The average Bonchev–Trinajstić information content (AvgIpc) is 2.34. The molecule has 0 spiro atoms. The zero-order valence-corrected chi connectivity index (χ0v) is 10.7. The largest absolute Gasteiger partial charge is 0.329 e. The van der Waals surface area contributed by atoms with Crippen LogP contribution in [0.25, 0.3) is 0 Å². The first kappa shape index (κ1) is 13.4. The molecule has 2 unspecified atom stereocenters. The van der Waals surface area contributed by atoms with Crippen molar-refractivity contribution in [2.75, 3.05) is 19.6 Å².